The number of nitrogens with zero attached hydrogens (tertiary/aromatic N) is 1. The molecule has 1 unspecified atom stereocenters. The van der Waals surface area contributed by atoms with Crippen LogP contribution in [0.5, 0.6) is 0 Å². The molecule has 2 N–H and O–H groups in total. The van der Waals surface area contributed by atoms with Crippen LogP contribution < -0.4 is 0 Å². The fraction of sp³-hybridized carbons (Fsp3) is 0.357. The van der Waals surface area contributed by atoms with Crippen molar-refractivity contribution in [3.8, 4) is 0 Å². The van der Waals surface area contributed by atoms with Gasteiger partial charge in [0, 0.05) is 28.2 Å². The minimum absolute atomic E-state index is 0.213. The first-order valence-corrected chi connectivity index (χ1v) is 5.95. The number of aliphatic carboxylic acids is 1. The van der Waals surface area contributed by atoms with E-state index >= 15 is 0 Å². The molecule has 1 heterocycles. The van der Waals surface area contributed by atoms with Crippen molar-refractivity contribution in [3.05, 3.63) is 35.5 Å². The molecular weight excluding hydrogens is 230 g/mol. The van der Waals surface area contributed by atoms with Crippen molar-refractivity contribution in [2.75, 3.05) is 0 Å². The van der Waals surface area contributed by atoms with Crippen LogP contribution in [0.3, 0.4) is 0 Å². The van der Waals surface area contributed by atoms with Crippen molar-refractivity contribution < 1.29 is 15.0 Å². The highest BCUT2D eigenvalue weighted by Crippen LogP contribution is 2.33. The molecular formula is C14H17NO3. The molecule has 18 heavy (non-hydrogen) atoms. The van der Waals surface area contributed by atoms with Gasteiger partial charge in [-0.2, -0.15) is 0 Å². The van der Waals surface area contributed by atoms with Crippen LogP contribution in [0.25, 0.3) is 10.9 Å². The number of rotatable bonds is 3. The predicted molar refractivity (Wildman–Crippen MR) is 69.7 cm³/mol. The lowest BCUT2D eigenvalue weighted by Gasteiger charge is -2.13. The van der Waals surface area contributed by atoms with Crippen LogP contribution in [0.1, 0.15) is 37.3 Å². The van der Waals surface area contributed by atoms with Crippen molar-refractivity contribution >= 4 is 16.9 Å². The summed E-state index contributed by atoms with van der Waals surface area (Å²) in [4.78, 5) is 11.0. The third-order valence-electron chi connectivity index (χ3n) is 3.23. The highest BCUT2D eigenvalue weighted by Gasteiger charge is 2.25. The highest BCUT2D eigenvalue weighted by atomic mass is 16.4. The molecule has 96 valence electrons. The zero-order valence-electron chi connectivity index (χ0n) is 10.7. The molecule has 0 saturated carbocycles. The minimum Gasteiger partial charge on any atom is -0.479 e. The topological polar surface area (TPSA) is 62.5 Å². The number of aliphatic hydroxyl groups is 1. The average molecular weight is 247 g/mol. The Morgan fingerprint density at radius 3 is 2.44 bits per heavy atom. The number of fused-ring (bicyclic) bond motifs is 1. The van der Waals surface area contributed by atoms with Gasteiger partial charge in [-0.25, -0.2) is 4.79 Å². The molecule has 2 rings (SSSR count). The van der Waals surface area contributed by atoms with Crippen molar-refractivity contribution in [2.45, 2.75) is 32.9 Å². The second-order valence-corrected chi connectivity index (χ2v) is 4.72. The number of carboxylic acid groups (broad SMARTS) is 1. The molecule has 0 amide bonds. The van der Waals surface area contributed by atoms with Crippen LogP contribution in [-0.2, 0) is 4.79 Å². The number of aliphatic hydroxyl groups excluding tert-OH is 1. The molecule has 0 bridgehead atoms. The van der Waals surface area contributed by atoms with E-state index in [1.807, 2.05) is 45.0 Å². The number of para-hydroxylation sites is 1. The Morgan fingerprint density at radius 1 is 1.28 bits per heavy atom. The van der Waals surface area contributed by atoms with Gasteiger partial charge < -0.3 is 14.8 Å². The average Bonchev–Trinajstić information content (AvgIpc) is 2.60. The summed E-state index contributed by atoms with van der Waals surface area (Å²) in [5.41, 5.74) is 2.26. The standard InChI is InChI=1S/C14H17NO3/c1-8(2)15-9(3)12(13(16)14(17)18)10-6-4-5-7-11(10)15/h4-8,13,16H,1-3H3,(H,17,18). The van der Waals surface area contributed by atoms with Gasteiger partial charge >= 0.3 is 5.97 Å². The Bertz CT molecular complexity index is 598. The van der Waals surface area contributed by atoms with E-state index in [4.69, 9.17) is 5.11 Å². The molecule has 0 radical (unpaired) electrons. The lowest BCUT2D eigenvalue weighted by molar-refractivity contribution is -0.146. The fourth-order valence-electron chi connectivity index (χ4n) is 2.55. The first-order chi connectivity index (χ1) is 8.45. The number of hydrogen-bond acceptors (Lipinski definition) is 2. The van der Waals surface area contributed by atoms with Gasteiger partial charge in [-0.3, -0.25) is 0 Å². The number of carboxylic acids is 1. The zero-order valence-corrected chi connectivity index (χ0v) is 10.7. The first-order valence-electron chi connectivity index (χ1n) is 5.95. The number of aromatic nitrogens is 1. The lowest BCUT2D eigenvalue weighted by atomic mass is 10.1. The molecule has 2 aromatic rings. The molecule has 4 nitrogen and oxygen atoms in total. The van der Waals surface area contributed by atoms with Gasteiger partial charge in [0.05, 0.1) is 0 Å². The van der Waals surface area contributed by atoms with Gasteiger partial charge in [0.2, 0.25) is 0 Å². The van der Waals surface area contributed by atoms with Crippen LogP contribution in [-0.4, -0.2) is 20.7 Å². The van der Waals surface area contributed by atoms with Crippen molar-refractivity contribution in [1.82, 2.24) is 4.57 Å². The van der Waals surface area contributed by atoms with Crippen LogP contribution in [0, 0.1) is 6.92 Å². The second kappa shape index (κ2) is 4.46. The van der Waals surface area contributed by atoms with Gasteiger partial charge in [0.1, 0.15) is 0 Å². The Hall–Kier alpha value is -1.81. The van der Waals surface area contributed by atoms with Gasteiger partial charge in [-0.05, 0) is 26.8 Å². The van der Waals surface area contributed by atoms with Gasteiger partial charge in [-0.1, -0.05) is 18.2 Å². The lowest BCUT2D eigenvalue weighted by Crippen LogP contribution is -2.12. The number of hydrogen-bond donors (Lipinski definition) is 2. The van der Waals surface area contributed by atoms with E-state index in [0.717, 1.165) is 16.6 Å². The molecule has 1 atom stereocenters. The summed E-state index contributed by atoms with van der Waals surface area (Å²) in [6, 6.07) is 7.77. The molecule has 0 fully saturated rings. The van der Waals surface area contributed by atoms with Crippen LogP contribution in [0.4, 0.5) is 0 Å². The Kier molecular flexibility index (Phi) is 3.13. The summed E-state index contributed by atoms with van der Waals surface area (Å²) in [5, 5.41) is 19.7. The van der Waals surface area contributed by atoms with Crippen molar-refractivity contribution in [3.63, 3.8) is 0 Å². The van der Waals surface area contributed by atoms with Crippen molar-refractivity contribution in [2.24, 2.45) is 0 Å². The van der Waals surface area contributed by atoms with E-state index in [9.17, 15) is 9.90 Å². The van der Waals surface area contributed by atoms with Crippen LogP contribution >= 0.6 is 0 Å². The maximum atomic E-state index is 11.0. The molecule has 1 aromatic carbocycles. The SMILES string of the molecule is Cc1c(C(O)C(=O)O)c2ccccc2n1C(C)C. The molecule has 4 heteroatoms. The van der Waals surface area contributed by atoms with E-state index < -0.39 is 12.1 Å². The Morgan fingerprint density at radius 2 is 1.89 bits per heavy atom. The van der Waals surface area contributed by atoms with Gasteiger partial charge in [0.15, 0.2) is 6.10 Å². The summed E-state index contributed by atoms with van der Waals surface area (Å²) in [7, 11) is 0. The van der Waals surface area contributed by atoms with Crippen LogP contribution in [0.15, 0.2) is 24.3 Å². The Balaban J connectivity index is 2.81. The maximum Gasteiger partial charge on any atom is 0.337 e. The minimum atomic E-state index is -1.48. The molecule has 0 aliphatic rings. The smallest absolute Gasteiger partial charge is 0.337 e. The molecule has 0 aliphatic carbocycles. The summed E-state index contributed by atoms with van der Waals surface area (Å²) >= 11 is 0. The molecule has 1 aromatic heterocycles. The largest absolute Gasteiger partial charge is 0.479 e. The highest BCUT2D eigenvalue weighted by molar-refractivity contribution is 5.90. The second-order valence-electron chi connectivity index (χ2n) is 4.72. The predicted octanol–water partition coefficient (Wildman–Crippen LogP) is 2.65. The monoisotopic (exact) mass is 247 g/mol. The van der Waals surface area contributed by atoms with Crippen molar-refractivity contribution in [1.29, 1.82) is 0 Å². The summed E-state index contributed by atoms with van der Waals surface area (Å²) in [6.45, 7) is 5.92. The van der Waals surface area contributed by atoms with E-state index in [2.05, 4.69) is 4.57 Å². The zero-order chi connectivity index (χ0) is 13.4. The maximum absolute atomic E-state index is 11.0. The van der Waals surface area contributed by atoms with E-state index in [0.29, 0.717) is 5.56 Å². The third kappa shape index (κ3) is 1.78. The fourth-order valence-corrected chi connectivity index (χ4v) is 2.55. The van der Waals surface area contributed by atoms with E-state index in [-0.39, 0.29) is 6.04 Å². The van der Waals surface area contributed by atoms with Gasteiger partial charge in [0.25, 0.3) is 0 Å². The van der Waals surface area contributed by atoms with Crippen LogP contribution in [0.2, 0.25) is 0 Å². The number of benzene rings is 1. The summed E-state index contributed by atoms with van der Waals surface area (Å²) in [5.74, 6) is -1.22. The normalized spacial score (nSPS) is 13.2. The summed E-state index contributed by atoms with van der Waals surface area (Å²) in [6.07, 6.45) is -1.48. The molecule has 0 saturated heterocycles. The summed E-state index contributed by atoms with van der Waals surface area (Å²) < 4.78 is 2.05. The first kappa shape index (κ1) is 12.6. The molecule has 0 spiro atoms. The molecule has 0 aliphatic heterocycles. The van der Waals surface area contributed by atoms with E-state index in [1.165, 1.54) is 0 Å². The third-order valence-corrected chi connectivity index (χ3v) is 3.23. The quantitative estimate of drug-likeness (QED) is 0.876. The number of carbonyl (C=O) groups is 1. The van der Waals surface area contributed by atoms with Gasteiger partial charge in [-0.15, -0.1) is 0 Å². The Labute approximate surface area is 105 Å². The van der Waals surface area contributed by atoms with E-state index in [1.54, 1.807) is 0 Å².